The summed E-state index contributed by atoms with van der Waals surface area (Å²) >= 11 is 0. The van der Waals surface area contributed by atoms with Crippen molar-refractivity contribution in [2.24, 2.45) is 0 Å². The first kappa shape index (κ1) is 14.0. The monoisotopic (exact) mass is 274 g/mol. The van der Waals surface area contributed by atoms with Gasteiger partial charge < -0.3 is 9.64 Å². The molecule has 0 N–H and O–H groups in total. The van der Waals surface area contributed by atoms with Crippen molar-refractivity contribution in [2.75, 3.05) is 13.7 Å². The predicted molar refractivity (Wildman–Crippen MR) is 72.6 cm³/mol. The van der Waals surface area contributed by atoms with E-state index in [0.717, 1.165) is 5.69 Å². The molecule has 2 rings (SSSR count). The van der Waals surface area contributed by atoms with Crippen LogP contribution in [0.1, 0.15) is 5.69 Å². The Morgan fingerprint density at radius 1 is 1.25 bits per heavy atom. The molecule has 0 unspecified atom stereocenters. The van der Waals surface area contributed by atoms with E-state index in [1.54, 1.807) is 13.2 Å². The molecule has 0 saturated heterocycles. The van der Waals surface area contributed by atoms with E-state index in [-0.39, 0.29) is 18.3 Å². The van der Waals surface area contributed by atoms with E-state index in [2.05, 4.69) is 4.98 Å². The zero-order valence-corrected chi connectivity index (χ0v) is 11.1. The Balaban J connectivity index is 1.83. The highest BCUT2D eigenvalue weighted by Crippen LogP contribution is 2.11. The summed E-state index contributed by atoms with van der Waals surface area (Å²) < 4.78 is 18.0. The van der Waals surface area contributed by atoms with Gasteiger partial charge in [0.2, 0.25) is 0 Å². The summed E-state index contributed by atoms with van der Waals surface area (Å²) in [4.78, 5) is 17.6. The highest BCUT2D eigenvalue weighted by molar-refractivity contribution is 5.77. The van der Waals surface area contributed by atoms with Crippen LogP contribution in [0.15, 0.2) is 48.7 Å². The van der Waals surface area contributed by atoms with Gasteiger partial charge in [-0.2, -0.15) is 0 Å². The van der Waals surface area contributed by atoms with Crippen LogP contribution in [-0.4, -0.2) is 29.4 Å². The minimum absolute atomic E-state index is 0.0883. The Hall–Kier alpha value is -2.43. The molecule has 1 amide bonds. The van der Waals surface area contributed by atoms with E-state index >= 15 is 0 Å². The zero-order valence-electron chi connectivity index (χ0n) is 11.1. The van der Waals surface area contributed by atoms with Crippen LogP contribution < -0.4 is 4.74 Å². The van der Waals surface area contributed by atoms with E-state index in [0.29, 0.717) is 12.3 Å². The molecule has 104 valence electrons. The summed E-state index contributed by atoms with van der Waals surface area (Å²) in [5, 5.41) is 0. The minimum atomic E-state index is -0.337. The van der Waals surface area contributed by atoms with Crippen LogP contribution in [0, 0.1) is 5.82 Å². The van der Waals surface area contributed by atoms with Crippen molar-refractivity contribution in [3.63, 3.8) is 0 Å². The fraction of sp³-hybridized carbons (Fsp3) is 0.200. The molecule has 20 heavy (non-hydrogen) atoms. The maximum atomic E-state index is 12.7. The Morgan fingerprint density at radius 3 is 2.65 bits per heavy atom. The summed E-state index contributed by atoms with van der Waals surface area (Å²) in [6, 6.07) is 11.1. The van der Waals surface area contributed by atoms with Crippen LogP contribution in [0.5, 0.6) is 5.75 Å². The zero-order chi connectivity index (χ0) is 14.4. The molecule has 0 spiro atoms. The fourth-order valence-corrected chi connectivity index (χ4v) is 1.61. The molecule has 0 aliphatic rings. The molecule has 0 atom stereocenters. The second kappa shape index (κ2) is 6.65. The van der Waals surface area contributed by atoms with E-state index in [1.165, 1.54) is 29.2 Å². The smallest absolute Gasteiger partial charge is 0.260 e. The van der Waals surface area contributed by atoms with Crippen molar-refractivity contribution < 1.29 is 13.9 Å². The van der Waals surface area contributed by atoms with Crippen molar-refractivity contribution in [1.29, 1.82) is 0 Å². The van der Waals surface area contributed by atoms with Gasteiger partial charge in [0.1, 0.15) is 11.6 Å². The average molecular weight is 274 g/mol. The molecule has 0 saturated carbocycles. The van der Waals surface area contributed by atoms with Crippen LogP contribution in [0.4, 0.5) is 4.39 Å². The lowest BCUT2D eigenvalue weighted by Gasteiger charge is -2.17. The van der Waals surface area contributed by atoms with Gasteiger partial charge in [0.05, 0.1) is 12.2 Å². The van der Waals surface area contributed by atoms with E-state index in [1.807, 2.05) is 18.2 Å². The van der Waals surface area contributed by atoms with Crippen LogP contribution in [-0.2, 0) is 11.3 Å². The first-order valence-corrected chi connectivity index (χ1v) is 6.17. The number of carbonyl (C=O) groups excluding carboxylic acids is 1. The summed E-state index contributed by atoms with van der Waals surface area (Å²) in [6.45, 7) is 0.335. The Kier molecular flexibility index (Phi) is 4.65. The largest absolute Gasteiger partial charge is 0.484 e. The average Bonchev–Trinajstić information content (AvgIpc) is 2.47. The Bertz CT molecular complexity index is 558. The number of ether oxygens (including phenoxy) is 1. The number of aromatic nitrogens is 1. The minimum Gasteiger partial charge on any atom is -0.484 e. The van der Waals surface area contributed by atoms with Crippen molar-refractivity contribution in [3.8, 4) is 5.75 Å². The lowest BCUT2D eigenvalue weighted by Crippen LogP contribution is -2.31. The lowest BCUT2D eigenvalue weighted by atomic mass is 10.3. The van der Waals surface area contributed by atoms with Gasteiger partial charge in [-0.1, -0.05) is 6.07 Å². The number of benzene rings is 1. The standard InChI is InChI=1S/C15H15FN2O2/c1-18(10-13-4-2-3-9-17-13)15(19)11-20-14-7-5-12(16)6-8-14/h2-9H,10-11H2,1H3. The normalized spacial score (nSPS) is 10.1. The van der Waals surface area contributed by atoms with Gasteiger partial charge in [-0.25, -0.2) is 4.39 Å². The van der Waals surface area contributed by atoms with Gasteiger partial charge in [0, 0.05) is 13.2 Å². The third kappa shape index (κ3) is 4.05. The molecule has 4 nitrogen and oxygen atoms in total. The third-order valence-electron chi connectivity index (χ3n) is 2.73. The summed E-state index contributed by atoms with van der Waals surface area (Å²) in [7, 11) is 1.69. The molecule has 0 fully saturated rings. The lowest BCUT2D eigenvalue weighted by molar-refractivity contribution is -0.132. The third-order valence-corrected chi connectivity index (χ3v) is 2.73. The van der Waals surface area contributed by atoms with Gasteiger partial charge in [-0.15, -0.1) is 0 Å². The van der Waals surface area contributed by atoms with Crippen LogP contribution in [0.25, 0.3) is 0 Å². The first-order chi connectivity index (χ1) is 9.65. The summed E-state index contributed by atoms with van der Waals surface area (Å²) in [6.07, 6.45) is 1.68. The molecule has 1 aromatic carbocycles. The number of pyridine rings is 1. The summed E-state index contributed by atoms with van der Waals surface area (Å²) in [5.41, 5.74) is 0.810. The molecular weight excluding hydrogens is 259 g/mol. The maximum absolute atomic E-state index is 12.7. The Morgan fingerprint density at radius 2 is 2.00 bits per heavy atom. The van der Waals surface area contributed by atoms with Gasteiger partial charge >= 0.3 is 0 Å². The van der Waals surface area contributed by atoms with Crippen molar-refractivity contribution in [2.45, 2.75) is 6.54 Å². The van der Waals surface area contributed by atoms with Gasteiger partial charge in [-0.05, 0) is 36.4 Å². The molecule has 5 heteroatoms. The molecule has 1 heterocycles. The van der Waals surface area contributed by atoms with Crippen LogP contribution >= 0.6 is 0 Å². The highest BCUT2D eigenvalue weighted by Gasteiger charge is 2.10. The molecule has 0 aliphatic heterocycles. The van der Waals surface area contributed by atoms with Crippen molar-refractivity contribution in [3.05, 3.63) is 60.2 Å². The number of amides is 1. The van der Waals surface area contributed by atoms with Gasteiger partial charge in [0.25, 0.3) is 5.91 Å². The van der Waals surface area contributed by atoms with Crippen LogP contribution in [0.2, 0.25) is 0 Å². The fourth-order valence-electron chi connectivity index (χ4n) is 1.61. The predicted octanol–water partition coefficient (Wildman–Crippen LogP) is 2.26. The number of carbonyl (C=O) groups is 1. The number of hydrogen-bond donors (Lipinski definition) is 0. The van der Waals surface area contributed by atoms with Gasteiger partial charge in [-0.3, -0.25) is 9.78 Å². The number of hydrogen-bond acceptors (Lipinski definition) is 3. The quantitative estimate of drug-likeness (QED) is 0.840. The van der Waals surface area contributed by atoms with E-state index in [4.69, 9.17) is 4.74 Å². The molecular formula is C15H15FN2O2. The number of halogens is 1. The number of rotatable bonds is 5. The van der Waals surface area contributed by atoms with Crippen LogP contribution in [0.3, 0.4) is 0 Å². The SMILES string of the molecule is CN(Cc1ccccn1)C(=O)COc1ccc(F)cc1. The molecule has 0 radical (unpaired) electrons. The van der Waals surface area contributed by atoms with E-state index < -0.39 is 0 Å². The summed E-state index contributed by atoms with van der Waals surface area (Å²) in [5.74, 6) is -0.0399. The first-order valence-electron chi connectivity index (χ1n) is 6.17. The second-order valence-corrected chi connectivity index (χ2v) is 4.31. The van der Waals surface area contributed by atoms with Gasteiger partial charge in [0.15, 0.2) is 6.61 Å². The number of likely N-dealkylation sites (N-methyl/N-ethyl adjacent to an activating group) is 1. The maximum Gasteiger partial charge on any atom is 0.260 e. The highest BCUT2D eigenvalue weighted by atomic mass is 19.1. The van der Waals surface area contributed by atoms with Crippen molar-refractivity contribution in [1.82, 2.24) is 9.88 Å². The topological polar surface area (TPSA) is 42.4 Å². The van der Waals surface area contributed by atoms with E-state index in [9.17, 15) is 9.18 Å². The Labute approximate surface area is 116 Å². The molecule has 0 aliphatic carbocycles. The number of nitrogens with zero attached hydrogens (tertiary/aromatic N) is 2. The molecule has 0 bridgehead atoms. The molecule has 2 aromatic rings. The second-order valence-electron chi connectivity index (χ2n) is 4.31. The van der Waals surface area contributed by atoms with Crippen molar-refractivity contribution >= 4 is 5.91 Å². The molecule has 1 aromatic heterocycles.